The van der Waals surface area contributed by atoms with Crippen LogP contribution < -0.4 is 0 Å². The van der Waals surface area contributed by atoms with Crippen LogP contribution in [0.15, 0.2) is 24.3 Å². The second-order valence-electron chi connectivity index (χ2n) is 4.46. The predicted molar refractivity (Wildman–Crippen MR) is 67.8 cm³/mol. The first-order valence-electron chi connectivity index (χ1n) is 5.80. The highest BCUT2D eigenvalue weighted by Gasteiger charge is 1.97. The van der Waals surface area contributed by atoms with E-state index in [-0.39, 0.29) is 8.80 Å². The predicted octanol–water partition coefficient (Wildman–Crippen LogP) is 3.67. The zero-order valence-corrected chi connectivity index (χ0v) is 10.9. The Morgan fingerprint density at radius 3 is 2.07 bits per heavy atom. The van der Waals surface area contributed by atoms with Crippen molar-refractivity contribution in [2.24, 2.45) is 0 Å². The van der Waals surface area contributed by atoms with E-state index in [1.54, 1.807) is 0 Å². The maximum absolute atomic E-state index is 2.43. The van der Waals surface area contributed by atoms with Gasteiger partial charge in [0.2, 0.25) is 0 Å². The highest BCUT2D eigenvalue weighted by molar-refractivity contribution is 6.55. The van der Waals surface area contributed by atoms with E-state index in [1.807, 2.05) is 0 Å². The van der Waals surface area contributed by atoms with Crippen molar-refractivity contribution in [3.05, 3.63) is 35.4 Å². The van der Waals surface area contributed by atoms with Gasteiger partial charge in [-0.15, -0.1) is 0 Å². The highest BCUT2D eigenvalue weighted by Crippen LogP contribution is 2.09. The third-order valence-corrected chi connectivity index (χ3v) is 4.24. The van der Waals surface area contributed by atoms with Crippen molar-refractivity contribution in [1.29, 1.82) is 0 Å². The van der Waals surface area contributed by atoms with Crippen molar-refractivity contribution >= 4 is 8.80 Å². The molecule has 0 saturated heterocycles. The first-order valence-corrected chi connectivity index (χ1v) is 8.92. The molecule has 0 aliphatic heterocycles. The van der Waals surface area contributed by atoms with Crippen molar-refractivity contribution in [1.82, 2.24) is 0 Å². The minimum atomic E-state index is -0.328. The molecule has 0 amide bonds. The summed E-state index contributed by atoms with van der Waals surface area (Å²) in [5, 5.41) is 0. The van der Waals surface area contributed by atoms with E-state index < -0.39 is 0 Å². The highest BCUT2D eigenvalue weighted by atomic mass is 28.3. The topological polar surface area (TPSA) is 0 Å². The van der Waals surface area contributed by atoms with Gasteiger partial charge in [0.25, 0.3) is 0 Å². The maximum Gasteiger partial charge on any atom is 0.0305 e. The average molecular weight is 206 g/mol. The molecule has 0 nitrogen and oxygen atoms in total. The van der Waals surface area contributed by atoms with Crippen LogP contribution in [0.25, 0.3) is 0 Å². The summed E-state index contributed by atoms with van der Waals surface area (Å²) in [6.45, 7) is 7.07. The van der Waals surface area contributed by atoms with Crippen LogP contribution in [0, 0.1) is 0 Å². The third-order valence-electron chi connectivity index (χ3n) is 2.68. The average Bonchev–Trinajstić information content (AvgIpc) is 2.18. The molecule has 1 aromatic carbocycles. The molecule has 0 unspecified atom stereocenters. The van der Waals surface area contributed by atoms with E-state index in [4.69, 9.17) is 0 Å². The van der Waals surface area contributed by atoms with E-state index in [1.165, 1.54) is 30.0 Å². The summed E-state index contributed by atoms with van der Waals surface area (Å²) in [5.41, 5.74) is 2.96. The molecule has 14 heavy (non-hydrogen) atoms. The molecule has 0 aliphatic rings. The van der Waals surface area contributed by atoms with Crippen LogP contribution in [-0.2, 0) is 12.8 Å². The number of hydrogen-bond donors (Lipinski definition) is 0. The summed E-state index contributed by atoms with van der Waals surface area (Å²) in [5.74, 6) is 0. The van der Waals surface area contributed by atoms with Crippen LogP contribution in [-0.4, -0.2) is 8.80 Å². The lowest BCUT2D eigenvalue weighted by Crippen LogP contribution is -1.99. The van der Waals surface area contributed by atoms with Crippen LogP contribution in [0.2, 0.25) is 19.1 Å². The molecule has 78 valence electrons. The van der Waals surface area contributed by atoms with E-state index in [9.17, 15) is 0 Å². The second-order valence-corrected chi connectivity index (χ2v) is 7.82. The molecule has 0 atom stereocenters. The SMILES string of the molecule is CCc1ccc(CCC[SiH](C)C)cc1. The fraction of sp³-hybridized carbons (Fsp3) is 0.538. The zero-order chi connectivity index (χ0) is 10.4. The van der Waals surface area contributed by atoms with Gasteiger partial charge in [0.15, 0.2) is 0 Å². The number of benzene rings is 1. The van der Waals surface area contributed by atoms with E-state index in [0.29, 0.717) is 0 Å². The Bertz CT molecular complexity index is 248. The maximum atomic E-state index is 2.43. The van der Waals surface area contributed by atoms with Gasteiger partial charge in [-0.05, 0) is 24.0 Å². The Hall–Kier alpha value is -0.563. The first-order chi connectivity index (χ1) is 6.72. The van der Waals surface area contributed by atoms with Crippen LogP contribution in [0.4, 0.5) is 0 Å². The van der Waals surface area contributed by atoms with Gasteiger partial charge in [-0.25, -0.2) is 0 Å². The Kier molecular flexibility index (Phi) is 4.95. The second kappa shape index (κ2) is 6.02. The summed E-state index contributed by atoms with van der Waals surface area (Å²) >= 11 is 0. The third kappa shape index (κ3) is 4.10. The molecule has 0 spiro atoms. The molecule has 0 aromatic heterocycles. The van der Waals surface area contributed by atoms with E-state index in [2.05, 4.69) is 44.3 Å². The molecule has 0 fully saturated rings. The van der Waals surface area contributed by atoms with Crippen molar-refractivity contribution in [3.8, 4) is 0 Å². The van der Waals surface area contributed by atoms with E-state index in [0.717, 1.165) is 6.42 Å². The normalized spacial score (nSPS) is 10.9. The summed E-state index contributed by atoms with van der Waals surface area (Å²) in [4.78, 5) is 0. The van der Waals surface area contributed by atoms with Crippen LogP contribution in [0.5, 0.6) is 0 Å². The molecular weight excluding hydrogens is 184 g/mol. The molecule has 0 saturated carbocycles. The van der Waals surface area contributed by atoms with Gasteiger partial charge < -0.3 is 0 Å². The zero-order valence-electron chi connectivity index (χ0n) is 9.72. The molecular formula is C13H22Si. The van der Waals surface area contributed by atoms with Crippen LogP contribution in [0.3, 0.4) is 0 Å². The van der Waals surface area contributed by atoms with Crippen LogP contribution in [0.1, 0.15) is 24.5 Å². The smallest absolute Gasteiger partial charge is 0.0305 e. The Morgan fingerprint density at radius 1 is 1.00 bits per heavy atom. The van der Waals surface area contributed by atoms with E-state index >= 15 is 0 Å². The summed E-state index contributed by atoms with van der Waals surface area (Å²) in [6.07, 6.45) is 3.81. The standard InChI is InChI=1S/C13H22Si/c1-4-12-7-9-13(10-8-12)6-5-11-14(2)3/h7-10,14H,4-6,11H2,1-3H3. The molecule has 0 aliphatic carbocycles. The van der Waals surface area contributed by atoms with Gasteiger partial charge in [-0.2, -0.15) is 0 Å². The lowest BCUT2D eigenvalue weighted by molar-refractivity contribution is 0.908. The molecule has 0 bridgehead atoms. The number of aryl methyl sites for hydroxylation is 2. The quantitative estimate of drug-likeness (QED) is 0.645. The Morgan fingerprint density at radius 2 is 1.57 bits per heavy atom. The number of hydrogen-bond acceptors (Lipinski definition) is 0. The molecule has 0 radical (unpaired) electrons. The minimum Gasteiger partial charge on any atom is -0.0722 e. The van der Waals surface area contributed by atoms with Crippen LogP contribution >= 0.6 is 0 Å². The minimum absolute atomic E-state index is 0.328. The van der Waals surface area contributed by atoms with Crippen molar-refractivity contribution < 1.29 is 0 Å². The lowest BCUT2D eigenvalue weighted by Gasteiger charge is -2.04. The van der Waals surface area contributed by atoms with Crippen molar-refractivity contribution in [3.63, 3.8) is 0 Å². The Labute approximate surface area is 90.0 Å². The van der Waals surface area contributed by atoms with Gasteiger partial charge in [-0.1, -0.05) is 56.7 Å². The molecule has 1 heteroatoms. The largest absolute Gasteiger partial charge is 0.0722 e. The van der Waals surface area contributed by atoms with Gasteiger partial charge >= 0.3 is 0 Å². The van der Waals surface area contributed by atoms with Crippen molar-refractivity contribution in [2.45, 2.75) is 45.3 Å². The summed E-state index contributed by atoms with van der Waals surface area (Å²) in [7, 11) is -0.328. The fourth-order valence-electron chi connectivity index (χ4n) is 1.66. The van der Waals surface area contributed by atoms with Gasteiger partial charge in [-0.3, -0.25) is 0 Å². The molecule has 1 rings (SSSR count). The van der Waals surface area contributed by atoms with Gasteiger partial charge in [0.05, 0.1) is 0 Å². The first kappa shape index (κ1) is 11.5. The fourth-order valence-corrected chi connectivity index (χ4v) is 2.68. The molecule has 0 N–H and O–H groups in total. The summed E-state index contributed by atoms with van der Waals surface area (Å²) < 4.78 is 0. The molecule has 1 aromatic rings. The number of rotatable bonds is 5. The monoisotopic (exact) mass is 206 g/mol. The van der Waals surface area contributed by atoms with Gasteiger partial charge in [0, 0.05) is 8.80 Å². The molecule has 0 heterocycles. The summed E-state index contributed by atoms with van der Waals surface area (Å²) in [6, 6.07) is 10.6. The van der Waals surface area contributed by atoms with Gasteiger partial charge in [0.1, 0.15) is 0 Å². The Balaban J connectivity index is 2.36. The van der Waals surface area contributed by atoms with Crippen molar-refractivity contribution in [2.75, 3.05) is 0 Å². The lowest BCUT2D eigenvalue weighted by atomic mass is 10.1.